The van der Waals surface area contributed by atoms with Crippen molar-refractivity contribution in [3.8, 4) is 0 Å². The van der Waals surface area contributed by atoms with Gasteiger partial charge in [-0.15, -0.1) is 0 Å². The van der Waals surface area contributed by atoms with E-state index in [0.29, 0.717) is 6.54 Å². The third-order valence-electron chi connectivity index (χ3n) is 2.18. The van der Waals surface area contributed by atoms with Crippen LogP contribution >= 0.6 is 0 Å². The van der Waals surface area contributed by atoms with Crippen LogP contribution in [0.15, 0.2) is 24.4 Å². The number of nitro benzene ring substituents is 1. The molecule has 5 heteroatoms. The molecule has 2 aromatic rings. The van der Waals surface area contributed by atoms with Gasteiger partial charge in [0.05, 0.1) is 10.4 Å². The topological polar surface area (TPSA) is 85.0 Å². The van der Waals surface area contributed by atoms with Crippen molar-refractivity contribution < 1.29 is 4.92 Å². The summed E-state index contributed by atoms with van der Waals surface area (Å²) < 4.78 is 0. The molecule has 0 aliphatic rings. The van der Waals surface area contributed by atoms with Crippen molar-refractivity contribution in [1.82, 2.24) is 4.98 Å². The van der Waals surface area contributed by atoms with Gasteiger partial charge < -0.3 is 10.7 Å². The van der Waals surface area contributed by atoms with Gasteiger partial charge in [0.25, 0.3) is 5.69 Å². The first-order valence-electron chi connectivity index (χ1n) is 4.17. The number of hydrogen-bond donors (Lipinski definition) is 2. The predicted octanol–water partition coefficient (Wildman–Crippen LogP) is 1.53. The predicted molar refractivity (Wildman–Crippen MR) is 52.8 cm³/mol. The summed E-state index contributed by atoms with van der Waals surface area (Å²) in [6.45, 7) is 0.428. The summed E-state index contributed by atoms with van der Waals surface area (Å²) in [6, 6.07) is 4.70. The zero-order valence-corrected chi connectivity index (χ0v) is 7.36. The van der Waals surface area contributed by atoms with Crippen molar-refractivity contribution in [3.05, 3.63) is 40.1 Å². The van der Waals surface area contributed by atoms with Crippen molar-refractivity contribution >= 4 is 16.6 Å². The van der Waals surface area contributed by atoms with Gasteiger partial charge in [-0.05, 0) is 11.6 Å². The van der Waals surface area contributed by atoms with Crippen LogP contribution in [-0.4, -0.2) is 9.91 Å². The lowest BCUT2D eigenvalue weighted by molar-refractivity contribution is -0.384. The fraction of sp³-hybridized carbons (Fsp3) is 0.111. The minimum absolute atomic E-state index is 0.0860. The molecule has 0 saturated carbocycles. The molecule has 0 aliphatic heterocycles. The number of hydrogen-bond acceptors (Lipinski definition) is 3. The van der Waals surface area contributed by atoms with E-state index >= 15 is 0 Å². The molecule has 72 valence electrons. The Morgan fingerprint density at radius 3 is 2.93 bits per heavy atom. The molecule has 0 saturated heterocycles. The average molecular weight is 191 g/mol. The Bertz CT molecular complexity index is 490. The van der Waals surface area contributed by atoms with Gasteiger partial charge in [-0.3, -0.25) is 10.1 Å². The molecule has 14 heavy (non-hydrogen) atoms. The molecule has 0 atom stereocenters. The zero-order valence-electron chi connectivity index (χ0n) is 7.36. The molecule has 0 amide bonds. The van der Waals surface area contributed by atoms with Crippen LogP contribution in [0.25, 0.3) is 10.9 Å². The maximum Gasteiger partial charge on any atom is 0.271 e. The van der Waals surface area contributed by atoms with E-state index in [2.05, 4.69) is 4.98 Å². The molecule has 1 aromatic carbocycles. The van der Waals surface area contributed by atoms with Crippen LogP contribution in [0, 0.1) is 10.1 Å². The largest absolute Gasteiger partial charge is 0.361 e. The average Bonchev–Trinajstić information content (AvgIpc) is 2.59. The first-order chi connectivity index (χ1) is 6.72. The van der Waals surface area contributed by atoms with Crippen LogP contribution in [0.5, 0.6) is 0 Å². The molecule has 5 nitrogen and oxygen atoms in total. The Balaban J connectivity index is 2.63. The molecule has 0 unspecified atom stereocenters. The first-order valence-corrected chi connectivity index (χ1v) is 4.17. The second-order valence-electron chi connectivity index (χ2n) is 3.01. The van der Waals surface area contributed by atoms with Crippen LogP contribution < -0.4 is 5.73 Å². The van der Waals surface area contributed by atoms with E-state index in [9.17, 15) is 10.1 Å². The van der Waals surface area contributed by atoms with Crippen LogP contribution in [0.2, 0.25) is 0 Å². The number of benzene rings is 1. The fourth-order valence-electron chi connectivity index (χ4n) is 1.46. The molecule has 1 aromatic heterocycles. The van der Waals surface area contributed by atoms with Crippen LogP contribution in [0.3, 0.4) is 0 Å². The highest BCUT2D eigenvalue weighted by atomic mass is 16.6. The highest BCUT2D eigenvalue weighted by Crippen LogP contribution is 2.22. The van der Waals surface area contributed by atoms with Gasteiger partial charge in [-0.1, -0.05) is 0 Å². The summed E-state index contributed by atoms with van der Waals surface area (Å²) in [7, 11) is 0. The van der Waals surface area contributed by atoms with Gasteiger partial charge in [0, 0.05) is 30.3 Å². The number of fused-ring (bicyclic) bond motifs is 1. The SMILES string of the molecule is NCc1c[nH]c2cc([N+](=O)[O-])ccc12. The third kappa shape index (κ3) is 1.23. The highest BCUT2D eigenvalue weighted by molar-refractivity contribution is 5.85. The normalized spacial score (nSPS) is 10.6. The molecule has 0 aliphatic carbocycles. The number of nitro groups is 1. The number of H-pyrrole nitrogens is 1. The van der Waals surface area contributed by atoms with Gasteiger partial charge >= 0.3 is 0 Å². The molecule has 0 fully saturated rings. The van der Waals surface area contributed by atoms with Gasteiger partial charge in [-0.2, -0.15) is 0 Å². The smallest absolute Gasteiger partial charge is 0.271 e. The summed E-state index contributed by atoms with van der Waals surface area (Å²) in [4.78, 5) is 13.0. The molecule has 3 N–H and O–H groups in total. The van der Waals surface area contributed by atoms with Crippen molar-refractivity contribution in [3.63, 3.8) is 0 Å². The number of nitrogens with one attached hydrogen (secondary N) is 1. The monoisotopic (exact) mass is 191 g/mol. The molecular formula is C9H9N3O2. The Morgan fingerprint density at radius 2 is 2.29 bits per heavy atom. The fourth-order valence-corrected chi connectivity index (χ4v) is 1.46. The van der Waals surface area contributed by atoms with E-state index in [4.69, 9.17) is 5.73 Å². The minimum Gasteiger partial charge on any atom is -0.361 e. The molecular weight excluding hydrogens is 182 g/mol. The van der Waals surface area contributed by atoms with Crippen LogP contribution in [0.4, 0.5) is 5.69 Å². The first kappa shape index (κ1) is 8.71. The highest BCUT2D eigenvalue weighted by Gasteiger charge is 2.08. The third-order valence-corrected chi connectivity index (χ3v) is 2.18. The van der Waals surface area contributed by atoms with Gasteiger partial charge in [0.15, 0.2) is 0 Å². The number of nitrogens with two attached hydrogens (primary N) is 1. The van der Waals surface area contributed by atoms with E-state index < -0.39 is 4.92 Å². The Labute approximate surface area is 79.7 Å². The van der Waals surface area contributed by atoms with Gasteiger partial charge in [-0.25, -0.2) is 0 Å². The van der Waals surface area contributed by atoms with E-state index in [-0.39, 0.29) is 5.69 Å². The van der Waals surface area contributed by atoms with Gasteiger partial charge in [0.2, 0.25) is 0 Å². The number of non-ortho nitro benzene ring substituents is 1. The summed E-state index contributed by atoms with van der Waals surface area (Å²) in [5.41, 5.74) is 7.31. The maximum absolute atomic E-state index is 10.5. The molecule has 1 heterocycles. The second kappa shape index (κ2) is 3.12. The number of aromatic amines is 1. The number of nitrogens with zero attached hydrogens (tertiary/aromatic N) is 1. The lowest BCUT2D eigenvalue weighted by atomic mass is 10.1. The lowest BCUT2D eigenvalue weighted by Gasteiger charge is -1.93. The molecule has 2 rings (SSSR count). The second-order valence-corrected chi connectivity index (χ2v) is 3.01. The van der Waals surface area contributed by atoms with Crippen molar-refractivity contribution in [2.24, 2.45) is 5.73 Å². The van der Waals surface area contributed by atoms with E-state index in [1.165, 1.54) is 12.1 Å². The van der Waals surface area contributed by atoms with Crippen molar-refractivity contribution in [2.45, 2.75) is 6.54 Å². The molecule has 0 bridgehead atoms. The van der Waals surface area contributed by atoms with E-state index in [1.54, 1.807) is 12.3 Å². The van der Waals surface area contributed by atoms with Crippen molar-refractivity contribution in [2.75, 3.05) is 0 Å². The standard InChI is InChI=1S/C9H9N3O2/c10-4-6-5-11-9-3-7(12(13)14)1-2-8(6)9/h1-3,5,11H,4,10H2. The summed E-state index contributed by atoms with van der Waals surface area (Å²) in [5.74, 6) is 0. The van der Waals surface area contributed by atoms with E-state index in [1.807, 2.05) is 0 Å². The minimum atomic E-state index is -0.414. The van der Waals surface area contributed by atoms with Crippen molar-refractivity contribution in [1.29, 1.82) is 0 Å². The van der Waals surface area contributed by atoms with Crippen LogP contribution in [0.1, 0.15) is 5.56 Å². The number of rotatable bonds is 2. The maximum atomic E-state index is 10.5. The Kier molecular flexibility index (Phi) is 1.94. The summed E-state index contributed by atoms with van der Waals surface area (Å²) in [6.07, 6.45) is 1.77. The van der Waals surface area contributed by atoms with Crippen LogP contribution in [-0.2, 0) is 6.54 Å². The number of aromatic nitrogens is 1. The summed E-state index contributed by atoms with van der Waals surface area (Å²) in [5, 5.41) is 11.4. The summed E-state index contributed by atoms with van der Waals surface area (Å²) >= 11 is 0. The Hall–Kier alpha value is -1.88. The van der Waals surface area contributed by atoms with E-state index in [0.717, 1.165) is 16.5 Å². The lowest BCUT2D eigenvalue weighted by Crippen LogP contribution is -1.94. The van der Waals surface area contributed by atoms with Gasteiger partial charge in [0.1, 0.15) is 0 Å². The zero-order chi connectivity index (χ0) is 10.1. The quantitative estimate of drug-likeness (QED) is 0.557. The molecule has 0 radical (unpaired) electrons. The Morgan fingerprint density at radius 1 is 1.50 bits per heavy atom. The molecule has 0 spiro atoms.